The predicted octanol–water partition coefficient (Wildman–Crippen LogP) is 1.92. The average Bonchev–Trinajstić information content (AvgIpc) is 2.70. The Hall–Kier alpha value is -2.15. The molecule has 0 fully saturated rings. The number of furan rings is 1. The zero-order valence-electron chi connectivity index (χ0n) is 7.56. The molecule has 0 amide bonds. The van der Waals surface area contributed by atoms with Gasteiger partial charge in [-0.15, -0.1) is 0 Å². The summed E-state index contributed by atoms with van der Waals surface area (Å²) in [4.78, 5) is 8.10. The van der Waals surface area contributed by atoms with E-state index in [4.69, 9.17) is 9.68 Å². The van der Waals surface area contributed by atoms with E-state index in [2.05, 4.69) is 9.97 Å². The lowest BCUT2D eigenvalue weighted by molar-refractivity contribution is 0.579. The van der Waals surface area contributed by atoms with E-state index >= 15 is 0 Å². The Labute approximate surface area is 80.8 Å². The van der Waals surface area contributed by atoms with Crippen molar-refractivity contribution < 1.29 is 4.42 Å². The van der Waals surface area contributed by atoms with Crippen molar-refractivity contribution in [3.05, 3.63) is 36.0 Å². The van der Waals surface area contributed by atoms with Crippen molar-refractivity contribution >= 4 is 0 Å². The molecule has 0 spiro atoms. The van der Waals surface area contributed by atoms with E-state index in [1.807, 2.05) is 6.07 Å². The van der Waals surface area contributed by atoms with Crippen LogP contribution < -0.4 is 0 Å². The van der Waals surface area contributed by atoms with E-state index in [9.17, 15) is 0 Å². The van der Waals surface area contributed by atoms with Gasteiger partial charge in [-0.3, -0.25) is 0 Å². The van der Waals surface area contributed by atoms with Crippen LogP contribution in [0, 0.1) is 18.3 Å². The first kappa shape index (κ1) is 8.45. The van der Waals surface area contributed by atoms with Crippen LogP contribution in [0.25, 0.3) is 11.5 Å². The van der Waals surface area contributed by atoms with Gasteiger partial charge in [0.15, 0.2) is 5.76 Å². The summed E-state index contributed by atoms with van der Waals surface area (Å²) >= 11 is 0. The summed E-state index contributed by atoms with van der Waals surface area (Å²) in [6, 6.07) is 5.55. The predicted molar refractivity (Wildman–Crippen MR) is 49.2 cm³/mol. The molecular weight excluding hydrogens is 178 g/mol. The molecular formula is C10H7N3O. The largest absolute Gasteiger partial charge is 0.463 e. The van der Waals surface area contributed by atoms with Crippen LogP contribution >= 0.6 is 0 Å². The van der Waals surface area contributed by atoms with Gasteiger partial charge < -0.3 is 4.42 Å². The molecule has 0 saturated carbocycles. The minimum Gasteiger partial charge on any atom is -0.463 e. The van der Waals surface area contributed by atoms with Gasteiger partial charge in [0.1, 0.15) is 17.6 Å². The zero-order chi connectivity index (χ0) is 9.97. The molecule has 2 aromatic rings. The van der Waals surface area contributed by atoms with E-state index in [-0.39, 0.29) is 0 Å². The van der Waals surface area contributed by atoms with Gasteiger partial charge in [0, 0.05) is 6.20 Å². The van der Waals surface area contributed by atoms with Crippen molar-refractivity contribution in [1.82, 2.24) is 9.97 Å². The van der Waals surface area contributed by atoms with Gasteiger partial charge in [0.2, 0.25) is 0 Å². The quantitative estimate of drug-likeness (QED) is 0.680. The van der Waals surface area contributed by atoms with E-state index < -0.39 is 0 Å². The van der Waals surface area contributed by atoms with Crippen molar-refractivity contribution in [2.45, 2.75) is 6.92 Å². The first-order valence-electron chi connectivity index (χ1n) is 4.09. The SMILES string of the molecule is Cc1ncc(C#N)c(-c2ccco2)n1. The highest BCUT2D eigenvalue weighted by Gasteiger charge is 2.09. The number of aryl methyl sites for hydroxylation is 1. The Morgan fingerprint density at radius 2 is 2.36 bits per heavy atom. The van der Waals surface area contributed by atoms with Crippen LogP contribution in [0.15, 0.2) is 29.0 Å². The maximum Gasteiger partial charge on any atom is 0.153 e. The molecule has 4 nitrogen and oxygen atoms in total. The maximum atomic E-state index is 8.84. The summed E-state index contributed by atoms with van der Waals surface area (Å²) in [5.41, 5.74) is 0.968. The Kier molecular flexibility index (Phi) is 1.99. The van der Waals surface area contributed by atoms with Crippen molar-refractivity contribution in [2.24, 2.45) is 0 Å². The van der Waals surface area contributed by atoms with Crippen molar-refractivity contribution in [2.75, 3.05) is 0 Å². The Morgan fingerprint density at radius 3 is 3.00 bits per heavy atom. The first-order chi connectivity index (χ1) is 6.81. The fraction of sp³-hybridized carbons (Fsp3) is 0.100. The van der Waals surface area contributed by atoms with Gasteiger partial charge in [-0.05, 0) is 19.1 Å². The van der Waals surface area contributed by atoms with Crippen molar-refractivity contribution in [3.63, 3.8) is 0 Å². The van der Waals surface area contributed by atoms with Crippen LogP contribution in [0.5, 0.6) is 0 Å². The van der Waals surface area contributed by atoms with E-state index in [1.54, 1.807) is 25.3 Å². The molecule has 68 valence electrons. The maximum absolute atomic E-state index is 8.84. The molecule has 2 heterocycles. The van der Waals surface area contributed by atoms with Gasteiger partial charge in [0.05, 0.1) is 11.8 Å². The molecule has 0 atom stereocenters. The van der Waals surface area contributed by atoms with Gasteiger partial charge in [-0.2, -0.15) is 5.26 Å². The van der Waals surface area contributed by atoms with Crippen LogP contribution in [-0.2, 0) is 0 Å². The number of aromatic nitrogens is 2. The van der Waals surface area contributed by atoms with Crippen LogP contribution in [0.1, 0.15) is 11.4 Å². The zero-order valence-corrected chi connectivity index (χ0v) is 7.56. The third-order valence-corrected chi connectivity index (χ3v) is 1.78. The molecule has 0 aliphatic rings. The highest BCUT2D eigenvalue weighted by Crippen LogP contribution is 2.20. The Bertz CT molecular complexity index is 483. The number of rotatable bonds is 1. The molecule has 4 heteroatoms. The average molecular weight is 185 g/mol. The summed E-state index contributed by atoms with van der Waals surface area (Å²) in [7, 11) is 0. The van der Waals surface area contributed by atoms with Crippen LogP contribution in [0.2, 0.25) is 0 Å². The van der Waals surface area contributed by atoms with Crippen LogP contribution in [0.4, 0.5) is 0 Å². The number of nitrogens with zero attached hydrogens (tertiary/aromatic N) is 3. The van der Waals surface area contributed by atoms with E-state index in [1.165, 1.54) is 6.20 Å². The second-order valence-electron chi connectivity index (χ2n) is 2.77. The second-order valence-corrected chi connectivity index (χ2v) is 2.77. The Morgan fingerprint density at radius 1 is 1.50 bits per heavy atom. The van der Waals surface area contributed by atoms with Gasteiger partial charge in [-0.25, -0.2) is 9.97 Å². The van der Waals surface area contributed by atoms with Gasteiger partial charge in [-0.1, -0.05) is 0 Å². The molecule has 14 heavy (non-hydrogen) atoms. The topological polar surface area (TPSA) is 62.7 Å². The lowest BCUT2D eigenvalue weighted by Gasteiger charge is -1.99. The third kappa shape index (κ3) is 1.36. The molecule has 0 aliphatic carbocycles. The fourth-order valence-corrected chi connectivity index (χ4v) is 1.15. The lowest BCUT2D eigenvalue weighted by atomic mass is 10.2. The molecule has 2 rings (SSSR count). The summed E-state index contributed by atoms with van der Waals surface area (Å²) < 4.78 is 5.18. The van der Waals surface area contributed by atoms with E-state index in [0.29, 0.717) is 22.8 Å². The number of hydrogen-bond donors (Lipinski definition) is 0. The number of hydrogen-bond acceptors (Lipinski definition) is 4. The van der Waals surface area contributed by atoms with E-state index in [0.717, 1.165) is 0 Å². The molecule has 0 radical (unpaired) electrons. The number of nitriles is 1. The normalized spacial score (nSPS) is 9.71. The molecule has 0 bridgehead atoms. The second kappa shape index (κ2) is 3.30. The fourth-order valence-electron chi connectivity index (χ4n) is 1.15. The van der Waals surface area contributed by atoms with Gasteiger partial charge >= 0.3 is 0 Å². The third-order valence-electron chi connectivity index (χ3n) is 1.78. The molecule has 0 aliphatic heterocycles. The van der Waals surface area contributed by atoms with Crippen LogP contribution in [-0.4, -0.2) is 9.97 Å². The summed E-state index contributed by atoms with van der Waals surface area (Å²) in [6.07, 6.45) is 3.05. The van der Waals surface area contributed by atoms with Crippen molar-refractivity contribution in [3.8, 4) is 17.5 Å². The van der Waals surface area contributed by atoms with Crippen LogP contribution in [0.3, 0.4) is 0 Å². The standard InChI is InChI=1S/C10H7N3O/c1-7-12-6-8(5-11)10(13-7)9-3-2-4-14-9/h2-4,6H,1H3. The minimum atomic E-state index is 0.422. The summed E-state index contributed by atoms with van der Waals surface area (Å²) in [6.45, 7) is 1.77. The molecule has 0 saturated heterocycles. The summed E-state index contributed by atoms with van der Waals surface area (Å²) in [5, 5.41) is 8.84. The Balaban J connectivity index is 2.63. The highest BCUT2D eigenvalue weighted by molar-refractivity contribution is 5.60. The monoisotopic (exact) mass is 185 g/mol. The minimum absolute atomic E-state index is 0.422. The first-order valence-corrected chi connectivity index (χ1v) is 4.09. The molecule has 2 aromatic heterocycles. The smallest absolute Gasteiger partial charge is 0.153 e. The highest BCUT2D eigenvalue weighted by atomic mass is 16.3. The van der Waals surface area contributed by atoms with Gasteiger partial charge in [0.25, 0.3) is 0 Å². The van der Waals surface area contributed by atoms with Crippen molar-refractivity contribution in [1.29, 1.82) is 5.26 Å². The molecule has 0 unspecified atom stereocenters. The lowest BCUT2D eigenvalue weighted by Crippen LogP contribution is -1.93. The summed E-state index contributed by atoms with van der Waals surface area (Å²) in [5.74, 6) is 1.21. The molecule has 0 aromatic carbocycles. The molecule has 0 N–H and O–H groups in total.